The Balaban J connectivity index is 1.78. The van der Waals surface area contributed by atoms with Crippen LogP contribution in [0.4, 0.5) is 5.13 Å². The van der Waals surface area contributed by atoms with Crippen LogP contribution in [0.3, 0.4) is 0 Å². The summed E-state index contributed by atoms with van der Waals surface area (Å²) in [5.41, 5.74) is 3.12. The molecule has 0 aliphatic rings. The predicted molar refractivity (Wildman–Crippen MR) is 123 cm³/mol. The minimum atomic E-state index is -0.137. The molecular formula is C23H25N5O2S. The van der Waals surface area contributed by atoms with Crippen molar-refractivity contribution in [2.45, 2.75) is 40.3 Å². The largest absolute Gasteiger partial charge is 0.494 e. The Labute approximate surface area is 185 Å². The number of carbonyl (C=O) groups excluding carboxylic acids is 1. The van der Waals surface area contributed by atoms with E-state index in [0.717, 1.165) is 27.2 Å². The van der Waals surface area contributed by atoms with Crippen molar-refractivity contribution in [2.24, 2.45) is 0 Å². The lowest BCUT2D eigenvalue weighted by Gasteiger charge is -2.21. The van der Waals surface area contributed by atoms with Gasteiger partial charge in [-0.25, -0.2) is 4.98 Å². The van der Waals surface area contributed by atoms with Gasteiger partial charge in [0.2, 0.25) is 0 Å². The van der Waals surface area contributed by atoms with E-state index < -0.39 is 0 Å². The number of ether oxygens (including phenoxy) is 1. The molecule has 0 bridgehead atoms. The molecule has 0 N–H and O–H groups in total. The third-order valence-electron chi connectivity index (χ3n) is 4.77. The number of thiazole rings is 1. The highest BCUT2D eigenvalue weighted by atomic mass is 32.1. The van der Waals surface area contributed by atoms with E-state index in [4.69, 9.17) is 9.72 Å². The van der Waals surface area contributed by atoms with Gasteiger partial charge in [0.15, 0.2) is 5.13 Å². The van der Waals surface area contributed by atoms with E-state index in [1.54, 1.807) is 22.0 Å². The van der Waals surface area contributed by atoms with Crippen LogP contribution in [-0.2, 0) is 6.54 Å². The van der Waals surface area contributed by atoms with E-state index in [2.05, 4.69) is 10.1 Å². The van der Waals surface area contributed by atoms with Gasteiger partial charge in [0, 0.05) is 18.4 Å². The van der Waals surface area contributed by atoms with E-state index in [-0.39, 0.29) is 11.9 Å². The second-order valence-corrected chi connectivity index (χ2v) is 8.53. The normalized spacial score (nSPS) is 11.3. The highest BCUT2D eigenvalue weighted by Crippen LogP contribution is 2.33. The summed E-state index contributed by atoms with van der Waals surface area (Å²) in [4.78, 5) is 24.4. The van der Waals surface area contributed by atoms with Gasteiger partial charge in [-0.3, -0.25) is 19.4 Å². The first-order valence-corrected chi connectivity index (χ1v) is 11.1. The monoisotopic (exact) mass is 435 g/mol. The number of rotatable bonds is 7. The van der Waals surface area contributed by atoms with Crippen molar-refractivity contribution in [3.05, 3.63) is 65.7 Å². The smallest absolute Gasteiger partial charge is 0.278 e. The van der Waals surface area contributed by atoms with Gasteiger partial charge in [-0.1, -0.05) is 17.4 Å². The van der Waals surface area contributed by atoms with Crippen molar-refractivity contribution in [3.63, 3.8) is 0 Å². The molecule has 1 amide bonds. The maximum absolute atomic E-state index is 13.7. The molecule has 4 rings (SSSR count). The van der Waals surface area contributed by atoms with E-state index in [1.807, 2.05) is 64.1 Å². The number of nitrogens with zero attached hydrogens (tertiary/aromatic N) is 5. The number of fused-ring (bicyclic) bond motifs is 1. The summed E-state index contributed by atoms with van der Waals surface area (Å²) in [5.74, 6) is 0.658. The number of pyridine rings is 1. The Morgan fingerprint density at radius 1 is 1.26 bits per heavy atom. The zero-order chi connectivity index (χ0) is 22.0. The van der Waals surface area contributed by atoms with Crippen LogP contribution in [0.15, 0.2) is 48.8 Å². The molecule has 7 nitrogen and oxygen atoms in total. The zero-order valence-corrected chi connectivity index (χ0v) is 18.9. The zero-order valence-electron chi connectivity index (χ0n) is 18.1. The second-order valence-electron chi connectivity index (χ2n) is 7.52. The van der Waals surface area contributed by atoms with Gasteiger partial charge in [0.1, 0.15) is 11.4 Å². The molecule has 0 radical (unpaired) electrons. The molecular weight excluding hydrogens is 410 g/mol. The lowest BCUT2D eigenvalue weighted by molar-refractivity contribution is 0.0973. The number of hydrogen-bond acceptors (Lipinski definition) is 6. The lowest BCUT2D eigenvalue weighted by atomic mass is 10.2. The van der Waals surface area contributed by atoms with Crippen LogP contribution in [0.25, 0.3) is 10.2 Å². The highest BCUT2D eigenvalue weighted by molar-refractivity contribution is 7.22. The van der Waals surface area contributed by atoms with Gasteiger partial charge >= 0.3 is 0 Å². The molecule has 0 atom stereocenters. The predicted octanol–water partition coefficient (Wildman–Crippen LogP) is 5.02. The summed E-state index contributed by atoms with van der Waals surface area (Å²) in [6.45, 7) is 8.85. The number of benzene rings is 1. The topological polar surface area (TPSA) is 73.1 Å². The van der Waals surface area contributed by atoms with E-state index in [1.165, 1.54) is 11.3 Å². The second kappa shape index (κ2) is 8.85. The first kappa shape index (κ1) is 21.0. The molecule has 0 unspecified atom stereocenters. The Bertz CT molecular complexity index is 1200. The third kappa shape index (κ3) is 4.44. The van der Waals surface area contributed by atoms with Crippen molar-refractivity contribution >= 4 is 32.6 Å². The average Bonchev–Trinajstić information content (AvgIpc) is 3.35. The number of aryl methyl sites for hydroxylation is 1. The summed E-state index contributed by atoms with van der Waals surface area (Å²) < 4.78 is 8.36. The van der Waals surface area contributed by atoms with Crippen molar-refractivity contribution in [1.82, 2.24) is 19.7 Å². The first-order valence-electron chi connectivity index (χ1n) is 10.3. The maximum atomic E-state index is 13.7. The molecule has 31 heavy (non-hydrogen) atoms. The molecule has 8 heteroatoms. The van der Waals surface area contributed by atoms with Gasteiger partial charge in [-0.05, 0) is 63.6 Å². The van der Waals surface area contributed by atoms with Crippen molar-refractivity contribution < 1.29 is 9.53 Å². The Kier molecular flexibility index (Phi) is 5.99. The van der Waals surface area contributed by atoms with E-state index >= 15 is 0 Å². The van der Waals surface area contributed by atoms with Crippen molar-refractivity contribution in [3.8, 4) is 5.75 Å². The van der Waals surface area contributed by atoms with Crippen molar-refractivity contribution in [2.75, 3.05) is 11.5 Å². The number of carbonyl (C=O) groups is 1. The van der Waals surface area contributed by atoms with Gasteiger partial charge in [0.25, 0.3) is 5.91 Å². The molecule has 0 spiro atoms. The summed E-state index contributed by atoms with van der Waals surface area (Å²) in [5, 5.41) is 5.14. The van der Waals surface area contributed by atoms with Crippen LogP contribution >= 0.6 is 11.3 Å². The summed E-state index contributed by atoms with van der Waals surface area (Å²) in [7, 11) is 0. The first-order chi connectivity index (χ1) is 15.0. The Hall–Kier alpha value is -3.26. The molecule has 3 heterocycles. The third-order valence-corrected chi connectivity index (χ3v) is 5.81. The molecule has 4 aromatic rings. The maximum Gasteiger partial charge on any atom is 0.278 e. The van der Waals surface area contributed by atoms with Crippen LogP contribution in [-0.4, -0.2) is 32.3 Å². The lowest BCUT2D eigenvalue weighted by Crippen LogP contribution is -2.32. The van der Waals surface area contributed by atoms with Crippen LogP contribution in [0, 0.1) is 6.92 Å². The molecule has 0 saturated carbocycles. The van der Waals surface area contributed by atoms with Gasteiger partial charge in [-0.2, -0.15) is 5.10 Å². The van der Waals surface area contributed by atoms with E-state index in [0.29, 0.717) is 24.0 Å². The summed E-state index contributed by atoms with van der Waals surface area (Å²) in [6, 6.07) is 11.5. The molecule has 1 aromatic carbocycles. The molecule has 160 valence electrons. The average molecular weight is 436 g/mol. The van der Waals surface area contributed by atoms with Gasteiger partial charge in [-0.15, -0.1) is 0 Å². The summed E-state index contributed by atoms with van der Waals surface area (Å²) in [6.07, 6.45) is 3.49. The van der Waals surface area contributed by atoms with Crippen LogP contribution in [0.2, 0.25) is 0 Å². The quantitative estimate of drug-likeness (QED) is 0.407. The summed E-state index contributed by atoms with van der Waals surface area (Å²) >= 11 is 1.47. The fraction of sp³-hybridized carbons (Fsp3) is 0.304. The SMILES string of the molecule is CCOc1ccc2nc(N(Cc3cccnc3)C(=O)c3cc(C)nn3C(C)C)sc2c1. The number of amides is 1. The fourth-order valence-electron chi connectivity index (χ4n) is 3.37. The van der Waals surface area contributed by atoms with E-state index in [9.17, 15) is 4.79 Å². The molecule has 0 aliphatic carbocycles. The molecule has 0 saturated heterocycles. The van der Waals surface area contributed by atoms with Crippen LogP contribution in [0.1, 0.15) is 48.6 Å². The molecule has 3 aromatic heterocycles. The Morgan fingerprint density at radius 3 is 2.81 bits per heavy atom. The van der Waals surface area contributed by atoms with Crippen molar-refractivity contribution in [1.29, 1.82) is 0 Å². The number of hydrogen-bond donors (Lipinski definition) is 0. The van der Waals surface area contributed by atoms with Gasteiger partial charge < -0.3 is 4.74 Å². The minimum absolute atomic E-state index is 0.0667. The van der Waals surface area contributed by atoms with Crippen LogP contribution in [0.5, 0.6) is 5.75 Å². The molecule has 0 aliphatic heterocycles. The fourth-order valence-corrected chi connectivity index (χ4v) is 4.37. The van der Waals surface area contributed by atoms with Gasteiger partial charge in [0.05, 0.1) is 29.1 Å². The Morgan fingerprint density at radius 2 is 2.10 bits per heavy atom. The number of aromatic nitrogens is 4. The minimum Gasteiger partial charge on any atom is -0.494 e. The standard InChI is InChI=1S/C23H25N5O2S/c1-5-30-18-8-9-19-21(12-18)31-23(25-19)27(14-17-7-6-10-24-13-17)22(29)20-11-16(4)26-28(20)15(2)3/h6-13,15H,5,14H2,1-4H3. The highest BCUT2D eigenvalue weighted by Gasteiger charge is 2.26. The van der Waals surface area contributed by atoms with Crippen LogP contribution < -0.4 is 9.64 Å². The number of anilines is 1. The molecule has 0 fully saturated rings.